The van der Waals surface area contributed by atoms with Gasteiger partial charge in [0, 0.05) is 6.42 Å². The van der Waals surface area contributed by atoms with Gasteiger partial charge in [0.2, 0.25) is 5.13 Å². The highest BCUT2D eigenvalue weighted by atomic mass is 35.5. The number of nitrogens with zero attached hydrogens (tertiary/aromatic N) is 2. The van der Waals surface area contributed by atoms with Gasteiger partial charge in [0.1, 0.15) is 10.8 Å². The average molecular weight is 348 g/mol. The maximum Gasteiger partial charge on any atom is 0.259 e. The molecule has 1 heterocycles. The molecule has 4 nitrogen and oxygen atoms in total. The van der Waals surface area contributed by atoms with Crippen LogP contribution in [-0.4, -0.2) is 16.1 Å². The number of amides is 1. The first-order chi connectivity index (χ1) is 11.1. The Labute approximate surface area is 141 Å². The zero-order chi connectivity index (χ0) is 16.2. The summed E-state index contributed by atoms with van der Waals surface area (Å²) in [6.07, 6.45) is 0.326. The van der Waals surface area contributed by atoms with Crippen molar-refractivity contribution in [2.45, 2.75) is 6.42 Å². The van der Waals surface area contributed by atoms with E-state index in [0.29, 0.717) is 32.7 Å². The third-order valence-electron chi connectivity index (χ3n) is 3.11. The van der Waals surface area contributed by atoms with Crippen LogP contribution in [-0.2, 0) is 6.42 Å². The summed E-state index contributed by atoms with van der Waals surface area (Å²) < 4.78 is 13.6. The van der Waals surface area contributed by atoms with E-state index in [9.17, 15) is 9.18 Å². The summed E-state index contributed by atoms with van der Waals surface area (Å²) >= 11 is 7.18. The summed E-state index contributed by atoms with van der Waals surface area (Å²) in [5, 5.41) is 11.9. The first-order valence-corrected chi connectivity index (χ1v) is 7.94. The van der Waals surface area contributed by atoms with Crippen molar-refractivity contribution in [2.24, 2.45) is 0 Å². The Bertz CT molecular complexity index is 853. The van der Waals surface area contributed by atoms with E-state index in [-0.39, 0.29) is 11.7 Å². The number of hydrogen-bond acceptors (Lipinski definition) is 4. The van der Waals surface area contributed by atoms with E-state index in [0.717, 1.165) is 0 Å². The number of anilines is 1. The summed E-state index contributed by atoms with van der Waals surface area (Å²) in [6.45, 7) is 0. The van der Waals surface area contributed by atoms with Crippen LogP contribution >= 0.6 is 22.9 Å². The Kier molecular flexibility index (Phi) is 4.64. The van der Waals surface area contributed by atoms with Crippen LogP contribution in [0.25, 0.3) is 0 Å². The topological polar surface area (TPSA) is 54.9 Å². The first-order valence-electron chi connectivity index (χ1n) is 6.75. The lowest BCUT2D eigenvalue weighted by Gasteiger charge is -2.02. The van der Waals surface area contributed by atoms with Gasteiger partial charge in [-0.1, -0.05) is 53.3 Å². The summed E-state index contributed by atoms with van der Waals surface area (Å²) in [7, 11) is 0. The van der Waals surface area contributed by atoms with Crippen LogP contribution in [0.15, 0.2) is 48.5 Å². The number of benzene rings is 2. The molecule has 0 spiro atoms. The van der Waals surface area contributed by atoms with Gasteiger partial charge in [-0.05, 0) is 23.8 Å². The molecule has 0 aliphatic heterocycles. The fraction of sp³-hybridized carbons (Fsp3) is 0.0625. The molecular weight excluding hydrogens is 337 g/mol. The Morgan fingerprint density at radius 2 is 1.87 bits per heavy atom. The first kappa shape index (κ1) is 15.6. The second-order valence-electron chi connectivity index (χ2n) is 4.70. The molecule has 0 saturated carbocycles. The van der Waals surface area contributed by atoms with Crippen LogP contribution in [0.2, 0.25) is 5.02 Å². The maximum absolute atomic E-state index is 13.6. The number of carbonyl (C=O) groups excluding carboxylic acids is 1. The molecule has 0 fully saturated rings. The largest absolute Gasteiger partial charge is 0.296 e. The molecule has 116 valence electrons. The number of carbonyl (C=O) groups is 1. The van der Waals surface area contributed by atoms with Crippen molar-refractivity contribution in [3.8, 4) is 0 Å². The number of hydrogen-bond donors (Lipinski definition) is 1. The molecule has 0 atom stereocenters. The second kappa shape index (κ2) is 6.85. The van der Waals surface area contributed by atoms with Gasteiger partial charge >= 0.3 is 0 Å². The molecule has 3 rings (SSSR count). The molecule has 1 amide bonds. The zero-order valence-electron chi connectivity index (χ0n) is 11.8. The molecule has 0 radical (unpaired) electrons. The molecule has 0 aliphatic carbocycles. The van der Waals surface area contributed by atoms with E-state index in [1.807, 2.05) is 0 Å². The van der Waals surface area contributed by atoms with Crippen LogP contribution < -0.4 is 5.32 Å². The van der Waals surface area contributed by atoms with E-state index in [1.54, 1.807) is 42.5 Å². The smallest absolute Gasteiger partial charge is 0.259 e. The lowest BCUT2D eigenvalue weighted by Crippen LogP contribution is -2.12. The molecule has 1 N–H and O–H groups in total. The van der Waals surface area contributed by atoms with Crippen molar-refractivity contribution in [1.82, 2.24) is 10.2 Å². The molecule has 0 unspecified atom stereocenters. The SMILES string of the molecule is O=C(Nc1nnc(Cc2ccccc2F)s1)c1ccccc1Cl. The third-order valence-corrected chi connectivity index (χ3v) is 4.27. The van der Waals surface area contributed by atoms with Gasteiger partial charge in [-0.15, -0.1) is 10.2 Å². The standard InChI is InChI=1S/C16H11ClFN3OS/c17-12-7-3-2-6-11(12)15(22)19-16-21-20-14(23-16)9-10-5-1-4-8-13(10)18/h1-8H,9H2,(H,19,21,22). The Morgan fingerprint density at radius 1 is 1.13 bits per heavy atom. The number of nitrogens with one attached hydrogen (secondary N) is 1. The minimum atomic E-state index is -0.357. The van der Waals surface area contributed by atoms with Crippen molar-refractivity contribution in [3.63, 3.8) is 0 Å². The van der Waals surface area contributed by atoms with Gasteiger partial charge in [0.15, 0.2) is 0 Å². The molecule has 2 aromatic carbocycles. The molecule has 0 bridgehead atoms. The Balaban J connectivity index is 1.72. The fourth-order valence-electron chi connectivity index (χ4n) is 1.99. The number of aromatic nitrogens is 2. The highest BCUT2D eigenvalue weighted by Crippen LogP contribution is 2.22. The minimum Gasteiger partial charge on any atom is -0.296 e. The molecule has 1 aromatic heterocycles. The normalized spacial score (nSPS) is 10.5. The van der Waals surface area contributed by atoms with E-state index < -0.39 is 0 Å². The summed E-state index contributed by atoms with van der Waals surface area (Å²) in [5.74, 6) is -0.645. The predicted molar refractivity (Wildman–Crippen MR) is 88.5 cm³/mol. The zero-order valence-corrected chi connectivity index (χ0v) is 13.4. The molecular formula is C16H11ClFN3OS. The Hall–Kier alpha value is -2.31. The van der Waals surface area contributed by atoms with Crippen molar-refractivity contribution in [3.05, 3.63) is 75.5 Å². The molecule has 23 heavy (non-hydrogen) atoms. The molecule has 0 saturated heterocycles. The summed E-state index contributed by atoms with van der Waals surface area (Å²) in [4.78, 5) is 12.1. The van der Waals surface area contributed by atoms with Gasteiger partial charge in [-0.25, -0.2) is 4.39 Å². The highest BCUT2D eigenvalue weighted by Gasteiger charge is 2.13. The predicted octanol–water partition coefficient (Wildman–Crippen LogP) is 4.17. The quantitative estimate of drug-likeness (QED) is 0.770. The average Bonchev–Trinajstić information content (AvgIpc) is 2.97. The van der Waals surface area contributed by atoms with E-state index in [1.165, 1.54) is 17.4 Å². The van der Waals surface area contributed by atoms with E-state index in [4.69, 9.17) is 11.6 Å². The number of rotatable bonds is 4. The van der Waals surface area contributed by atoms with Crippen LogP contribution in [0.4, 0.5) is 9.52 Å². The van der Waals surface area contributed by atoms with Gasteiger partial charge in [0.05, 0.1) is 10.6 Å². The third kappa shape index (κ3) is 3.72. The van der Waals surface area contributed by atoms with Crippen molar-refractivity contribution >= 4 is 34.0 Å². The lowest BCUT2D eigenvalue weighted by molar-refractivity contribution is 0.102. The van der Waals surface area contributed by atoms with Crippen LogP contribution in [0.1, 0.15) is 20.9 Å². The Morgan fingerprint density at radius 3 is 2.65 bits per heavy atom. The second-order valence-corrected chi connectivity index (χ2v) is 6.17. The maximum atomic E-state index is 13.6. The van der Waals surface area contributed by atoms with Crippen molar-refractivity contribution < 1.29 is 9.18 Å². The fourth-order valence-corrected chi connectivity index (χ4v) is 2.97. The van der Waals surface area contributed by atoms with E-state index >= 15 is 0 Å². The van der Waals surface area contributed by atoms with Gasteiger partial charge in [0.25, 0.3) is 5.91 Å². The molecule has 3 aromatic rings. The monoisotopic (exact) mass is 347 g/mol. The summed E-state index contributed by atoms with van der Waals surface area (Å²) in [5.41, 5.74) is 0.896. The van der Waals surface area contributed by atoms with Gasteiger partial charge in [-0.2, -0.15) is 0 Å². The van der Waals surface area contributed by atoms with Gasteiger partial charge in [-0.3, -0.25) is 10.1 Å². The van der Waals surface area contributed by atoms with Gasteiger partial charge < -0.3 is 0 Å². The molecule has 7 heteroatoms. The van der Waals surface area contributed by atoms with Crippen LogP contribution in [0, 0.1) is 5.82 Å². The van der Waals surface area contributed by atoms with Crippen molar-refractivity contribution in [1.29, 1.82) is 0 Å². The summed E-state index contributed by atoms with van der Waals surface area (Å²) in [6, 6.07) is 13.2. The minimum absolute atomic E-state index is 0.288. The van der Waals surface area contributed by atoms with Crippen LogP contribution in [0.5, 0.6) is 0 Å². The lowest BCUT2D eigenvalue weighted by atomic mass is 10.1. The number of halogens is 2. The van der Waals surface area contributed by atoms with Crippen LogP contribution in [0.3, 0.4) is 0 Å². The highest BCUT2D eigenvalue weighted by molar-refractivity contribution is 7.15. The molecule has 0 aliphatic rings. The van der Waals surface area contributed by atoms with E-state index in [2.05, 4.69) is 15.5 Å². The van der Waals surface area contributed by atoms with Crippen molar-refractivity contribution in [2.75, 3.05) is 5.32 Å².